The Labute approximate surface area is 198 Å². The number of ether oxygens (including phenoxy) is 2. The summed E-state index contributed by atoms with van der Waals surface area (Å²) in [6, 6.07) is 4.16. The Kier molecular flexibility index (Phi) is 1.82. The van der Waals surface area contributed by atoms with E-state index in [1.165, 1.54) is 24.3 Å². The number of carbonyl (C=O) groups excluding carboxylic acids is 1. The van der Waals surface area contributed by atoms with Crippen LogP contribution < -0.4 is 9.47 Å². The van der Waals surface area contributed by atoms with Gasteiger partial charge in [0.1, 0.15) is 0 Å². The minimum atomic E-state index is -4.65. The quantitative estimate of drug-likeness (QED) is 0.721. The lowest BCUT2D eigenvalue weighted by atomic mass is 9.85. The molecular weight excluding hydrogens is 350 g/mol. The molecule has 1 unspecified atom stereocenters. The van der Waals surface area contributed by atoms with Crippen molar-refractivity contribution in [2.24, 2.45) is 11.8 Å². The summed E-state index contributed by atoms with van der Waals surface area (Å²) in [5.41, 5.74) is -2.77. The van der Waals surface area contributed by atoms with E-state index in [1.54, 1.807) is 6.07 Å². The number of hydrogen-bond acceptors (Lipinski definition) is 4. The molecule has 0 N–H and O–H groups in total. The van der Waals surface area contributed by atoms with Gasteiger partial charge in [0.25, 0.3) is 0 Å². The van der Waals surface area contributed by atoms with Gasteiger partial charge in [-0.25, -0.2) is 0 Å². The lowest BCUT2D eigenvalue weighted by Crippen LogP contribution is -2.34. The monoisotopic (exact) mass is 401 g/mol. The Bertz CT molecular complexity index is 1670. The van der Waals surface area contributed by atoms with E-state index in [1.807, 2.05) is 0 Å². The number of methoxy groups -OCH3 is 2. The van der Waals surface area contributed by atoms with Gasteiger partial charge in [0.15, 0.2) is 17.3 Å². The van der Waals surface area contributed by atoms with E-state index in [9.17, 15) is 4.79 Å². The predicted octanol–water partition coefficient (Wildman–Crippen LogP) is 4.36. The fourth-order valence-corrected chi connectivity index (χ4v) is 2.61. The van der Waals surface area contributed by atoms with Gasteiger partial charge < -0.3 is 9.47 Å². The van der Waals surface area contributed by atoms with Crippen LogP contribution in [0.5, 0.6) is 11.5 Å². The lowest BCUT2D eigenvalue weighted by molar-refractivity contribution is 0.0895. The number of Topliss-reactive ketones (excluding diaryl/α,β-unsaturated/α-hetero) is 1. The fourth-order valence-electron chi connectivity index (χ4n) is 2.61. The van der Waals surface area contributed by atoms with Crippen LogP contribution in [0.15, 0.2) is 42.4 Å². The summed E-state index contributed by atoms with van der Waals surface area (Å²) >= 11 is 0. The van der Waals surface area contributed by atoms with Crippen molar-refractivity contribution < 1.29 is 44.4 Å². The highest BCUT2D eigenvalue weighted by molar-refractivity contribution is 6.02. The summed E-state index contributed by atoms with van der Waals surface area (Å²) in [5.74, 6) is -14.0. The van der Waals surface area contributed by atoms with Gasteiger partial charge in [-0.05, 0) is 67.6 Å². The van der Waals surface area contributed by atoms with Crippen LogP contribution in [-0.2, 0) is 12.9 Å². The molecule has 2 aliphatic rings. The maximum atomic E-state index is 14.2. The van der Waals surface area contributed by atoms with Gasteiger partial charge in [-0.2, -0.15) is 0 Å². The third kappa shape index (κ3) is 3.93. The number of carbonyl (C=O) groups is 1. The van der Waals surface area contributed by atoms with Crippen LogP contribution in [0.3, 0.4) is 0 Å². The second-order valence-corrected chi connectivity index (χ2v) is 5.74. The number of benzene rings is 2. The highest BCUT2D eigenvalue weighted by Gasteiger charge is 2.34. The van der Waals surface area contributed by atoms with Crippen molar-refractivity contribution in [2.75, 3.05) is 27.1 Å². The molecule has 0 spiro atoms. The predicted molar refractivity (Wildman–Crippen MR) is 110 cm³/mol. The minimum absolute atomic E-state index is 0.0648. The first kappa shape index (κ1) is 6.09. The van der Waals surface area contributed by atoms with E-state index in [2.05, 4.69) is 9.47 Å². The number of rotatable bonds is 6. The molecule has 1 fully saturated rings. The summed E-state index contributed by atoms with van der Waals surface area (Å²) < 4.78 is 195. The van der Waals surface area contributed by atoms with E-state index < -0.39 is 111 Å². The molecule has 0 radical (unpaired) electrons. The second-order valence-electron chi connectivity index (χ2n) is 5.74. The van der Waals surface area contributed by atoms with E-state index in [0.29, 0.717) is 0 Å². The first-order chi connectivity index (χ1) is 22.1. The smallest absolute Gasteiger partial charge is 0.166 e. The van der Waals surface area contributed by atoms with Gasteiger partial charge in [-0.15, -0.1) is 0 Å². The van der Waals surface area contributed by atoms with Crippen molar-refractivity contribution in [1.82, 2.24) is 4.90 Å². The van der Waals surface area contributed by atoms with Crippen LogP contribution >= 0.6 is 0 Å². The number of likely N-dealkylation sites (tertiary alicyclic amines) is 1. The molecule has 4 rings (SSSR count). The van der Waals surface area contributed by atoms with Crippen molar-refractivity contribution in [2.45, 2.75) is 32.0 Å². The number of fused-ring (bicyclic) bond motifs is 1. The average molecular weight is 402 g/mol. The SMILES string of the molecule is [2H]c1c(OC([2H])([2H])[2H])c(OC([2H])([2H])[2H])c([2H])c2c1C(=O)C([2H])(C([2H])([2H])C1([2H])C([2H])([2H])C([2H])([2H])N(Cc3ccccc3)C([2H])([2H])C1([2H])[2H])C2([2H])[2H]. The zero-order valence-electron chi connectivity index (χ0n) is 36.3. The fraction of sp³-hybridized carbons (Fsp3) is 0.458. The van der Waals surface area contributed by atoms with E-state index in [0.717, 1.165) is 0 Å². The number of ketones is 1. The molecule has 0 aromatic heterocycles. The van der Waals surface area contributed by atoms with Crippen LogP contribution in [0.2, 0.25) is 0 Å². The highest BCUT2D eigenvalue weighted by Crippen LogP contribution is 2.39. The molecule has 1 saturated heterocycles. The van der Waals surface area contributed by atoms with Crippen molar-refractivity contribution in [3.63, 3.8) is 0 Å². The Morgan fingerprint density at radius 2 is 1.93 bits per heavy atom. The van der Waals surface area contributed by atoms with Gasteiger partial charge in [-0.1, -0.05) is 30.3 Å². The normalized spacial score (nSPS) is 45.9. The summed E-state index contributed by atoms with van der Waals surface area (Å²) in [6.45, 7) is -8.51. The van der Waals surface area contributed by atoms with Crippen LogP contribution in [-0.4, -0.2) is 37.8 Å². The first-order valence-corrected chi connectivity index (χ1v) is 8.05. The maximum Gasteiger partial charge on any atom is 0.166 e. The summed E-state index contributed by atoms with van der Waals surface area (Å²) in [4.78, 5) is 14.2. The molecule has 0 amide bonds. The Morgan fingerprint density at radius 3 is 2.64 bits per heavy atom. The molecule has 0 saturated carbocycles. The van der Waals surface area contributed by atoms with Crippen LogP contribution in [0.1, 0.15) is 70.8 Å². The van der Waals surface area contributed by atoms with Crippen molar-refractivity contribution in [3.8, 4) is 11.5 Å². The van der Waals surface area contributed by atoms with Gasteiger partial charge >= 0.3 is 0 Å². The van der Waals surface area contributed by atoms with Gasteiger partial charge in [-0.3, -0.25) is 9.69 Å². The summed E-state index contributed by atoms with van der Waals surface area (Å²) in [6.07, 6.45) is -17.2. The largest absolute Gasteiger partial charge is 0.493 e. The molecule has 4 heteroatoms. The average Bonchev–Trinajstić information content (AvgIpc) is 3.12. The lowest BCUT2D eigenvalue weighted by Gasteiger charge is -2.32. The van der Waals surface area contributed by atoms with Crippen LogP contribution in [0.25, 0.3) is 0 Å². The molecule has 1 aliphatic heterocycles. The molecule has 0 bridgehead atoms. The van der Waals surface area contributed by atoms with E-state index in [-0.39, 0.29) is 10.5 Å². The number of piperidine rings is 1. The molecule has 28 heavy (non-hydrogen) atoms. The Morgan fingerprint density at radius 1 is 1.21 bits per heavy atom. The minimum Gasteiger partial charge on any atom is -0.493 e. The molecule has 1 aliphatic carbocycles. The van der Waals surface area contributed by atoms with Gasteiger partial charge in [0.2, 0.25) is 0 Å². The maximum absolute atomic E-state index is 14.2. The third-order valence-corrected chi connectivity index (χ3v) is 3.91. The summed E-state index contributed by atoms with van der Waals surface area (Å²) in [5, 5.41) is 0. The third-order valence-electron chi connectivity index (χ3n) is 3.91. The zero-order chi connectivity index (χ0) is 38.9. The molecular formula is C24H29NO3. The van der Waals surface area contributed by atoms with Crippen molar-refractivity contribution >= 4 is 5.78 Å². The van der Waals surface area contributed by atoms with Gasteiger partial charge in [0, 0.05) is 37.2 Å². The van der Waals surface area contributed by atoms with E-state index >= 15 is 0 Å². The molecule has 1 heterocycles. The molecule has 2 aromatic carbocycles. The highest BCUT2D eigenvalue weighted by atomic mass is 16.5. The molecule has 148 valence electrons. The van der Waals surface area contributed by atoms with Crippen LogP contribution in [0.4, 0.5) is 0 Å². The van der Waals surface area contributed by atoms with Crippen molar-refractivity contribution in [1.29, 1.82) is 0 Å². The molecule has 1 atom stereocenters. The van der Waals surface area contributed by atoms with E-state index in [4.69, 9.17) is 30.2 Å². The summed E-state index contributed by atoms with van der Waals surface area (Å²) in [7, 11) is -7.06. The Balaban J connectivity index is 2.06. The van der Waals surface area contributed by atoms with Crippen molar-refractivity contribution in [3.05, 3.63) is 59.1 Å². The zero-order valence-corrected chi connectivity index (χ0v) is 14.3. The number of nitrogens with zero attached hydrogens (tertiary/aromatic N) is 1. The first-order valence-electron chi connectivity index (χ1n) is 19.0. The topological polar surface area (TPSA) is 38.8 Å². The van der Waals surface area contributed by atoms with Gasteiger partial charge in [0.05, 0.1) is 25.0 Å². The number of hydrogen-bond donors (Lipinski definition) is 0. The molecule has 4 nitrogen and oxygen atoms in total. The van der Waals surface area contributed by atoms with Crippen LogP contribution in [0, 0.1) is 11.8 Å². The second kappa shape index (κ2) is 8.36. The standard InChI is InChI=1S/C24H29NO3/c1-27-22-14-19-13-20(24(26)21(19)15-23(22)28-2)12-17-8-10-25(11-9-17)16-18-6-4-3-5-7-18/h3-7,14-15,17,20H,8-13,16H2,1-2H3/i1D3,2D3,8D2,9D2,10D2,11D2,12D2,13D2,14D,15D,17D,20D. The Hall–Kier alpha value is -2.33. The molecule has 2 aromatic rings.